The van der Waals surface area contributed by atoms with Crippen molar-refractivity contribution in [2.45, 2.75) is 19.4 Å². The van der Waals surface area contributed by atoms with E-state index < -0.39 is 0 Å². The van der Waals surface area contributed by atoms with Crippen LogP contribution in [-0.4, -0.2) is 39.3 Å². The van der Waals surface area contributed by atoms with E-state index in [1.54, 1.807) is 12.4 Å². The molecule has 0 saturated carbocycles. The molecule has 0 radical (unpaired) electrons. The average Bonchev–Trinajstić information content (AvgIpc) is 2.88. The van der Waals surface area contributed by atoms with Crippen LogP contribution in [0.15, 0.2) is 24.5 Å². The van der Waals surface area contributed by atoms with E-state index in [0.29, 0.717) is 11.6 Å². The van der Waals surface area contributed by atoms with E-state index >= 15 is 0 Å². The van der Waals surface area contributed by atoms with Crippen molar-refractivity contribution in [2.24, 2.45) is 5.92 Å². The molecular weight excluding hydrogens is 228 g/mol. The second-order valence-electron chi connectivity index (χ2n) is 4.80. The molecule has 1 fully saturated rings. The van der Waals surface area contributed by atoms with E-state index in [1.165, 1.54) is 0 Å². The number of aromatic nitrogens is 3. The summed E-state index contributed by atoms with van der Waals surface area (Å²) in [6.45, 7) is 3.65. The first-order chi connectivity index (χ1) is 8.74. The van der Waals surface area contributed by atoms with Gasteiger partial charge in [0.05, 0.1) is 6.10 Å². The van der Waals surface area contributed by atoms with Gasteiger partial charge in [-0.1, -0.05) is 0 Å². The van der Waals surface area contributed by atoms with Crippen LogP contribution in [0.4, 0.5) is 5.82 Å². The molecule has 1 aliphatic rings. The number of hydrogen-bond donors (Lipinski definition) is 1. The van der Waals surface area contributed by atoms with Crippen LogP contribution in [0.25, 0.3) is 11.2 Å². The summed E-state index contributed by atoms with van der Waals surface area (Å²) >= 11 is 0. The highest BCUT2D eigenvalue weighted by Crippen LogP contribution is 2.25. The molecule has 0 spiro atoms. The van der Waals surface area contributed by atoms with Crippen LogP contribution in [-0.2, 0) is 0 Å². The first-order valence-corrected chi connectivity index (χ1v) is 6.25. The molecule has 0 aromatic carbocycles. The predicted molar refractivity (Wildman–Crippen MR) is 69.3 cm³/mol. The molecule has 1 saturated heterocycles. The largest absolute Gasteiger partial charge is 0.393 e. The Bertz CT molecular complexity index is 557. The number of rotatable bonds is 2. The normalized spacial score (nSPS) is 21.4. The highest BCUT2D eigenvalue weighted by molar-refractivity contribution is 5.71. The molecule has 2 aromatic heterocycles. The van der Waals surface area contributed by atoms with E-state index in [-0.39, 0.29) is 6.10 Å². The van der Waals surface area contributed by atoms with Crippen LogP contribution in [0.1, 0.15) is 13.3 Å². The lowest BCUT2D eigenvalue weighted by Gasteiger charge is -2.18. The molecule has 5 nitrogen and oxygen atoms in total. The second kappa shape index (κ2) is 4.49. The van der Waals surface area contributed by atoms with Crippen molar-refractivity contribution in [1.82, 2.24) is 15.0 Å². The first-order valence-electron chi connectivity index (χ1n) is 6.25. The molecule has 94 valence electrons. The summed E-state index contributed by atoms with van der Waals surface area (Å²) in [5, 5.41) is 9.62. The Morgan fingerprint density at radius 2 is 2.17 bits per heavy atom. The van der Waals surface area contributed by atoms with Crippen LogP contribution in [0.2, 0.25) is 0 Å². The molecule has 0 bridgehead atoms. The number of anilines is 1. The van der Waals surface area contributed by atoms with Crippen molar-refractivity contribution in [3.8, 4) is 0 Å². The van der Waals surface area contributed by atoms with Gasteiger partial charge in [0.25, 0.3) is 0 Å². The second-order valence-corrected chi connectivity index (χ2v) is 4.80. The molecule has 0 aliphatic carbocycles. The van der Waals surface area contributed by atoms with Crippen molar-refractivity contribution in [1.29, 1.82) is 0 Å². The number of fused-ring (bicyclic) bond motifs is 1. The Labute approximate surface area is 106 Å². The zero-order valence-corrected chi connectivity index (χ0v) is 10.3. The highest BCUT2D eigenvalue weighted by atomic mass is 16.3. The van der Waals surface area contributed by atoms with Gasteiger partial charge in [0.15, 0.2) is 5.65 Å². The van der Waals surface area contributed by atoms with E-state index in [1.807, 2.05) is 19.1 Å². The molecule has 0 amide bonds. The molecule has 2 atom stereocenters. The first kappa shape index (κ1) is 11.3. The maximum absolute atomic E-state index is 9.62. The number of aliphatic hydroxyl groups is 1. The Morgan fingerprint density at radius 1 is 1.33 bits per heavy atom. The van der Waals surface area contributed by atoms with Gasteiger partial charge in [-0.25, -0.2) is 9.97 Å². The molecular formula is C13H16N4O. The van der Waals surface area contributed by atoms with Gasteiger partial charge in [-0.05, 0) is 25.5 Å². The SMILES string of the molecule is CC(O)C1CCN(c2ccc3nccnc3n2)C1. The van der Waals surface area contributed by atoms with Gasteiger partial charge < -0.3 is 10.0 Å². The predicted octanol–water partition coefficient (Wildman–Crippen LogP) is 1.23. The summed E-state index contributed by atoms with van der Waals surface area (Å²) in [6.07, 6.45) is 4.08. The minimum Gasteiger partial charge on any atom is -0.393 e. The number of hydrogen-bond acceptors (Lipinski definition) is 5. The fourth-order valence-electron chi connectivity index (χ4n) is 2.41. The van der Waals surface area contributed by atoms with Crippen molar-refractivity contribution in [3.63, 3.8) is 0 Å². The smallest absolute Gasteiger partial charge is 0.180 e. The summed E-state index contributed by atoms with van der Waals surface area (Å²) < 4.78 is 0. The topological polar surface area (TPSA) is 62.1 Å². The van der Waals surface area contributed by atoms with Crippen molar-refractivity contribution in [2.75, 3.05) is 18.0 Å². The van der Waals surface area contributed by atoms with Gasteiger partial charge in [0.2, 0.25) is 0 Å². The molecule has 3 heterocycles. The lowest BCUT2D eigenvalue weighted by atomic mass is 10.0. The number of pyridine rings is 1. The zero-order valence-electron chi connectivity index (χ0n) is 10.3. The molecule has 3 rings (SSSR count). The number of aliphatic hydroxyl groups excluding tert-OH is 1. The maximum atomic E-state index is 9.62. The van der Waals surface area contributed by atoms with E-state index in [2.05, 4.69) is 19.9 Å². The molecule has 1 aliphatic heterocycles. The molecule has 5 heteroatoms. The van der Waals surface area contributed by atoms with Gasteiger partial charge in [-0.3, -0.25) is 4.98 Å². The average molecular weight is 244 g/mol. The van der Waals surface area contributed by atoms with Gasteiger partial charge in [0.1, 0.15) is 11.3 Å². The minimum absolute atomic E-state index is 0.254. The van der Waals surface area contributed by atoms with Gasteiger partial charge in [0, 0.05) is 31.4 Å². The lowest BCUT2D eigenvalue weighted by Crippen LogP contribution is -2.24. The van der Waals surface area contributed by atoms with Crippen molar-refractivity contribution in [3.05, 3.63) is 24.5 Å². The Hall–Kier alpha value is -1.75. The summed E-state index contributed by atoms with van der Waals surface area (Å²) in [6, 6.07) is 3.92. The molecule has 18 heavy (non-hydrogen) atoms. The fourth-order valence-corrected chi connectivity index (χ4v) is 2.41. The Morgan fingerprint density at radius 3 is 2.94 bits per heavy atom. The lowest BCUT2D eigenvalue weighted by molar-refractivity contribution is 0.136. The van der Waals surface area contributed by atoms with Gasteiger partial charge in [-0.15, -0.1) is 0 Å². The summed E-state index contributed by atoms with van der Waals surface area (Å²) in [7, 11) is 0. The standard InChI is InChI=1S/C13H16N4O/c1-9(18)10-4-7-17(8-10)12-3-2-11-13(16-12)15-6-5-14-11/h2-3,5-6,9-10,18H,4,7-8H2,1H3. The van der Waals surface area contributed by atoms with E-state index in [0.717, 1.165) is 30.8 Å². The van der Waals surface area contributed by atoms with Crippen molar-refractivity contribution < 1.29 is 5.11 Å². The third-order valence-electron chi connectivity index (χ3n) is 3.55. The summed E-state index contributed by atoms with van der Waals surface area (Å²) in [5.74, 6) is 1.26. The van der Waals surface area contributed by atoms with Crippen LogP contribution in [0.5, 0.6) is 0 Å². The molecule has 1 N–H and O–H groups in total. The van der Waals surface area contributed by atoms with Gasteiger partial charge in [-0.2, -0.15) is 0 Å². The van der Waals surface area contributed by atoms with Gasteiger partial charge >= 0.3 is 0 Å². The van der Waals surface area contributed by atoms with Crippen LogP contribution in [0.3, 0.4) is 0 Å². The third-order valence-corrected chi connectivity index (χ3v) is 3.55. The maximum Gasteiger partial charge on any atom is 0.180 e. The zero-order chi connectivity index (χ0) is 12.5. The van der Waals surface area contributed by atoms with E-state index in [4.69, 9.17) is 0 Å². The molecule has 2 aromatic rings. The van der Waals surface area contributed by atoms with Crippen LogP contribution >= 0.6 is 0 Å². The monoisotopic (exact) mass is 244 g/mol. The fraction of sp³-hybridized carbons (Fsp3) is 0.462. The minimum atomic E-state index is -0.254. The van der Waals surface area contributed by atoms with Crippen molar-refractivity contribution >= 4 is 17.0 Å². The van der Waals surface area contributed by atoms with Crippen LogP contribution in [0, 0.1) is 5.92 Å². The summed E-state index contributed by atoms with van der Waals surface area (Å²) in [5.41, 5.74) is 1.49. The number of nitrogens with zero attached hydrogens (tertiary/aromatic N) is 4. The van der Waals surface area contributed by atoms with Crippen LogP contribution < -0.4 is 4.90 Å². The third kappa shape index (κ3) is 2.01. The van der Waals surface area contributed by atoms with E-state index in [9.17, 15) is 5.11 Å². The summed E-state index contributed by atoms with van der Waals surface area (Å²) in [4.78, 5) is 15.1. The molecule has 2 unspecified atom stereocenters. The highest BCUT2D eigenvalue weighted by Gasteiger charge is 2.26. The quantitative estimate of drug-likeness (QED) is 0.861. The Kier molecular flexibility index (Phi) is 2.83. The Balaban J connectivity index is 1.87.